The lowest BCUT2D eigenvalue weighted by Crippen LogP contribution is -2.46. The van der Waals surface area contributed by atoms with Crippen LogP contribution in [-0.2, 0) is 0 Å². The first kappa shape index (κ1) is 11.2. The average molecular weight is 256 g/mol. The molecular weight excluding hydrogens is 241 g/mol. The molecule has 1 N–H and O–H groups in total. The highest BCUT2D eigenvalue weighted by molar-refractivity contribution is 6.29. The molecule has 5 heteroatoms. The molecule has 2 unspecified atom stereocenters. The molecule has 0 bridgehead atoms. The number of aromatic nitrogens is 1. The standard InChI is InChI=1S/C12H15ClFN3/c13-12-10(14)5-9(6-16-12)17-4-2-8-1-3-15-11(8)7-17/h5-6,8,11,15H,1-4,7H2. The van der Waals surface area contributed by atoms with Crippen LogP contribution in [-0.4, -0.2) is 30.7 Å². The topological polar surface area (TPSA) is 28.2 Å². The van der Waals surface area contributed by atoms with Gasteiger partial charge in [-0.25, -0.2) is 9.37 Å². The Balaban J connectivity index is 1.78. The van der Waals surface area contributed by atoms with Crippen LogP contribution >= 0.6 is 11.6 Å². The molecule has 0 aliphatic carbocycles. The van der Waals surface area contributed by atoms with Crippen molar-refractivity contribution in [3.8, 4) is 0 Å². The molecule has 0 saturated carbocycles. The van der Waals surface area contributed by atoms with Gasteiger partial charge in [-0.2, -0.15) is 0 Å². The van der Waals surface area contributed by atoms with Crippen LogP contribution in [0.2, 0.25) is 5.15 Å². The summed E-state index contributed by atoms with van der Waals surface area (Å²) in [6.07, 6.45) is 4.09. The molecule has 1 aromatic heterocycles. The maximum absolute atomic E-state index is 13.4. The van der Waals surface area contributed by atoms with Crippen molar-refractivity contribution in [1.82, 2.24) is 10.3 Å². The van der Waals surface area contributed by atoms with Gasteiger partial charge in [0.1, 0.15) is 0 Å². The molecule has 3 rings (SSSR count). The molecule has 2 fully saturated rings. The number of nitrogens with one attached hydrogen (secondary N) is 1. The number of halogens is 2. The minimum atomic E-state index is -0.439. The molecule has 2 atom stereocenters. The summed E-state index contributed by atoms with van der Waals surface area (Å²) in [6.45, 7) is 3.02. The molecule has 0 aromatic carbocycles. The SMILES string of the molecule is Fc1cc(N2CCC3CCNC3C2)cnc1Cl. The fraction of sp³-hybridized carbons (Fsp3) is 0.583. The molecule has 0 radical (unpaired) electrons. The second-order valence-electron chi connectivity index (χ2n) is 4.81. The van der Waals surface area contributed by atoms with E-state index in [1.54, 1.807) is 6.20 Å². The van der Waals surface area contributed by atoms with E-state index in [-0.39, 0.29) is 5.15 Å². The van der Waals surface area contributed by atoms with Crippen molar-refractivity contribution >= 4 is 17.3 Å². The highest BCUT2D eigenvalue weighted by atomic mass is 35.5. The third kappa shape index (κ3) is 2.11. The molecule has 3 heterocycles. The molecule has 17 heavy (non-hydrogen) atoms. The number of fused-ring (bicyclic) bond motifs is 1. The summed E-state index contributed by atoms with van der Waals surface area (Å²) in [4.78, 5) is 6.05. The van der Waals surface area contributed by atoms with Crippen molar-refractivity contribution in [1.29, 1.82) is 0 Å². The highest BCUT2D eigenvalue weighted by Crippen LogP contribution is 2.29. The van der Waals surface area contributed by atoms with E-state index in [1.165, 1.54) is 18.9 Å². The van der Waals surface area contributed by atoms with Crippen LogP contribution in [0.3, 0.4) is 0 Å². The van der Waals surface area contributed by atoms with Crippen LogP contribution in [0.5, 0.6) is 0 Å². The third-order valence-electron chi connectivity index (χ3n) is 3.82. The smallest absolute Gasteiger partial charge is 0.164 e. The molecular formula is C12H15ClFN3. The molecule has 3 nitrogen and oxygen atoms in total. The number of rotatable bonds is 1. The second kappa shape index (κ2) is 4.42. The van der Waals surface area contributed by atoms with Gasteiger partial charge in [-0.1, -0.05) is 11.6 Å². The quantitative estimate of drug-likeness (QED) is 0.779. The molecule has 0 amide bonds. The van der Waals surface area contributed by atoms with E-state index in [1.807, 2.05) is 0 Å². The highest BCUT2D eigenvalue weighted by Gasteiger charge is 2.32. The van der Waals surface area contributed by atoms with Gasteiger partial charge in [0.05, 0.1) is 11.9 Å². The van der Waals surface area contributed by atoms with E-state index in [4.69, 9.17) is 11.6 Å². The minimum absolute atomic E-state index is 0.0531. The summed E-state index contributed by atoms with van der Waals surface area (Å²) in [5, 5.41) is 3.45. The van der Waals surface area contributed by atoms with Crippen LogP contribution in [0.1, 0.15) is 12.8 Å². The zero-order valence-electron chi connectivity index (χ0n) is 9.50. The van der Waals surface area contributed by atoms with Gasteiger partial charge in [-0.3, -0.25) is 0 Å². The molecule has 2 aliphatic heterocycles. The summed E-state index contributed by atoms with van der Waals surface area (Å²) < 4.78 is 13.4. The van der Waals surface area contributed by atoms with Crippen molar-refractivity contribution in [2.75, 3.05) is 24.5 Å². The summed E-state index contributed by atoms with van der Waals surface area (Å²) in [5.41, 5.74) is 0.832. The van der Waals surface area contributed by atoms with Gasteiger partial charge in [0.2, 0.25) is 0 Å². The molecule has 2 saturated heterocycles. The fourth-order valence-corrected chi connectivity index (χ4v) is 2.95. The number of pyridine rings is 1. The Morgan fingerprint density at radius 2 is 2.35 bits per heavy atom. The molecule has 92 valence electrons. The molecule has 2 aliphatic rings. The first-order chi connectivity index (χ1) is 8.24. The van der Waals surface area contributed by atoms with Crippen LogP contribution in [0.25, 0.3) is 0 Å². The fourth-order valence-electron chi connectivity index (χ4n) is 2.85. The average Bonchev–Trinajstić information content (AvgIpc) is 2.79. The van der Waals surface area contributed by atoms with Gasteiger partial charge >= 0.3 is 0 Å². The predicted octanol–water partition coefficient (Wildman–Crippen LogP) is 2.06. The Morgan fingerprint density at radius 3 is 3.18 bits per heavy atom. The Kier molecular flexibility index (Phi) is 2.92. The van der Waals surface area contributed by atoms with Gasteiger partial charge in [-0.15, -0.1) is 0 Å². The number of hydrogen-bond acceptors (Lipinski definition) is 3. The summed E-state index contributed by atoms with van der Waals surface area (Å²) in [7, 11) is 0. The first-order valence-corrected chi connectivity index (χ1v) is 6.41. The lowest BCUT2D eigenvalue weighted by Gasteiger charge is -2.36. The number of hydrogen-bond donors (Lipinski definition) is 1. The normalized spacial score (nSPS) is 28.2. The Hall–Kier alpha value is -0.870. The van der Waals surface area contributed by atoms with Crippen LogP contribution < -0.4 is 10.2 Å². The van der Waals surface area contributed by atoms with Crippen LogP contribution in [0.4, 0.5) is 10.1 Å². The van der Waals surface area contributed by atoms with E-state index in [0.29, 0.717) is 6.04 Å². The Morgan fingerprint density at radius 1 is 1.47 bits per heavy atom. The van der Waals surface area contributed by atoms with E-state index in [2.05, 4.69) is 15.2 Å². The zero-order valence-corrected chi connectivity index (χ0v) is 10.3. The number of anilines is 1. The number of piperidine rings is 1. The maximum atomic E-state index is 13.4. The maximum Gasteiger partial charge on any atom is 0.164 e. The monoisotopic (exact) mass is 255 g/mol. The minimum Gasteiger partial charge on any atom is -0.369 e. The van der Waals surface area contributed by atoms with Crippen LogP contribution in [0.15, 0.2) is 12.3 Å². The van der Waals surface area contributed by atoms with E-state index in [0.717, 1.165) is 31.2 Å². The predicted molar refractivity (Wildman–Crippen MR) is 65.9 cm³/mol. The Bertz CT molecular complexity index is 426. The van der Waals surface area contributed by atoms with E-state index in [9.17, 15) is 4.39 Å². The summed E-state index contributed by atoms with van der Waals surface area (Å²) in [6, 6.07) is 2.02. The van der Waals surface area contributed by atoms with Gasteiger partial charge in [0.25, 0.3) is 0 Å². The summed E-state index contributed by atoms with van der Waals surface area (Å²) in [5.74, 6) is 0.349. The van der Waals surface area contributed by atoms with Crippen LogP contribution in [0, 0.1) is 11.7 Å². The number of nitrogens with zero attached hydrogens (tertiary/aromatic N) is 2. The zero-order chi connectivity index (χ0) is 11.8. The third-order valence-corrected chi connectivity index (χ3v) is 4.10. The largest absolute Gasteiger partial charge is 0.369 e. The first-order valence-electron chi connectivity index (χ1n) is 6.03. The van der Waals surface area contributed by atoms with Crippen molar-refractivity contribution in [3.05, 3.63) is 23.2 Å². The van der Waals surface area contributed by atoms with Crippen molar-refractivity contribution < 1.29 is 4.39 Å². The Labute approximate surface area is 105 Å². The van der Waals surface area contributed by atoms with Gasteiger partial charge in [0, 0.05) is 25.2 Å². The van der Waals surface area contributed by atoms with Gasteiger partial charge < -0.3 is 10.2 Å². The molecule has 1 aromatic rings. The van der Waals surface area contributed by atoms with Gasteiger partial charge in [-0.05, 0) is 25.3 Å². The lowest BCUT2D eigenvalue weighted by molar-refractivity contribution is 0.373. The summed E-state index contributed by atoms with van der Waals surface area (Å²) >= 11 is 5.59. The van der Waals surface area contributed by atoms with Gasteiger partial charge in [0.15, 0.2) is 11.0 Å². The van der Waals surface area contributed by atoms with Crippen molar-refractivity contribution in [2.24, 2.45) is 5.92 Å². The van der Waals surface area contributed by atoms with Crippen molar-refractivity contribution in [2.45, 2.75) is 18.9 Å². The van der Waals surface area contributed by atoms with Crippen molar-refractivity contribution in [3.63, 3.8) is 0 Å². The van der Waals surface area contributed by atoms with E-state index >= 15 is 0 Å². The second-order valence-corrected chi connectivity index (χ2v) is 5.17. The molecule has 0 spiro atoms. The lowest BCUT2D eigenvalue weighted by atomic mass is 9.92. The van der Waals surface area contributed by atoms with E-state index < -0.39 is 5.82 Å².